The molecule has 2 nitrogen and oxygen atoms in total. The summed E-state index contributed by atoms with van der Waals surface area (Å²) in [6, 6.07) is 5.36. The van der Waals surface area contributed by atoms with Crippen molar-refractivity contribution in [3.05, 3.63) is 34.4 Å². The van der Waals surface area contributed by atoms with Gasteiger partial charge < -0.3 is 5.32 Å². The first-order valence-corrected chi connectivity index (χ1v) is 8.03. The zero-order chi connectivity index (χ0) is 14.7. The van der Waals surface area contributed by atoms with Crippen LogP contribution in [0.25, 0.3) is 0 Å². The Hall–Kier alpha value is -0.860. The molecule has 1 fully saturated rings. The van der Waals surface area contributed by atoms with Gasteiger partial charge in [-0.05, 0) is 88.5 Å². The SMILES string of the molecule is CCCNCC1CCN(C)C1c1cc(C)c(C)cc1C. The van der Waals surface area contributed by atoms with Gasteiger partial charge in [0.2, 0.25) is 0 Å². The van der Waals surface area contributed by atoms with Crippen molar-refractivity contribution in [3.8, 4) is 0 Å². The molecule has 1 aliphatic rings. The van der Waals surface area contributed by atoms with Crippen LogP contribution in [-0.4, -0.2) is 31.6 Å². The molecule has 1 N–H and O–H groups in total. The molecule has 0 aliphatic carbocycles. The van der Waals surface area contributed by atoms with Gasteiger partial charge in [-0.1, -0.05) is 19.1 Å². The highest BCUT2D eigenvalue weighted by Crippen LogP contribution is 2.38. The average molecular weight is 274 g/mol. The molecule has 2 heteroatoms. The van der Waals surface area contributed by atoms with Gasteiger partial charge in [0.05, 0.1) is 0 Å². The highest BCUT2D eigenvalue weighted by atomic mass is 15.2. The van der Waals surface area contributed by atoms with E-state index < -0.39 is 0 Å². The quantitative estimate of drug-likeness (QED) is 0.825. The van der Waals surface area contributed by atoms with Crippen LogP contribution in [0.15, 0.2) is 12.1 Å². The molecule has 1 saturated heterocycles. The first-order valence-electron chi connectivity index (χ1n) is 8.03. The van der Waals surface area contributed by atoms with Gasteiger partial charge in [0.15, 0.2) is 0 Å². The lowest BCUT2D eigenvalue weighted by molar-refractivity contribution is 0.271. The van der Waals surface area contributed by atoms with E-state index in [1.165, 1.54) is 41.6 Å². The second-order valence-corrected chi connectivity index (χ2v) is 6.47. The van der Waals surface area contributed by atoms with Crippen molar-refractivity contribution in [2.75, 3.05) is 26.7 Å². The molecular weight excluding hydrogens is 244 g/mol. The second kappa shape index (κ2) is 6.73. The summed E-state index contributed by atoms with van der Waals surface area (Å²) in [5.41, 5.74) is 5.82. The van der Waals surface area contributed by atoms with Crippen molar-refractivity contribution in [3.63, 3.8) is 0 Å². The Kier molecular flexibility index (Phi) is 5.22. The van der Waals surface area contributed by atoms with E-state index in [1.807, 2.05) is 0 Å². The number of nitrogens with one attached hydrogen (secondary N) is 1. The highest BCUT2D eigenvalue weighted by Gasteiger charge is 2.33. The summed E-state index contributed by atoms with van der Waals surface area (Å²) in [6.45, 7) is 12.5. The Balaban J connectivity index is 2.21. The number of hydrogen-bond acceptors (Lipinski definition) is 2. The first-order chi connectivity index (χ1) is 9.54. The van der Waals surface area contributed by atoms with E-state index in [1.54, 1.807) is 0 Å². The van der Waals surface area contributed by atoms with Gasteiger partial charge in [0.25, 0.3) is 0 Å². The number of hydrogen-bond donors (Lipinski definition) is 1. The van der Waals surface area contributed by atoms with Crippen molar-refractivity contribution < 1.29 is 0 Å². The van der Waals surface area contributed by atoms with Gasteiger partial charge in [-0.25, -0.2) is 0 Å². The van der Waals surface area contributed by atoms with Crippen LogP contribution in [0, 0.1) is 26.7 Å². The Morgan fingerprint density at radius 1 is 1.15 bits per heavy atom. The molecule has 0 bridgehead atoms. The molecule has 0 saturated carbocycles. The minimum absolute atomic E-state index is 0.582. The van der Waals surface area contributed by atoms with Crippen LogP contribution in [0.1, 0.15) is 48.1 Å². The Morgan fingerprint density at radius 3 is 2.55 bits per heavy atom. The fraction of sp³-hybridized carbons (Fsp3) is 0.667. The summed E-state index contributed by atoms with van der Waals surface area (Å²) < 4.78 is 0. The zero-order valence-electron chi connectivity index (χ0n) is 13.8. The molecule has 1 aromatic carbocycles. The maximum Gasteiger partial charge on any atom is 0.0388 e. The van der Waals surface area contributed by atoms with Crippen molar-refractivity contribution in [2.24, 2.45) is 5.92 Å². The van der Waals surface area contributed by atoms with Crippen LogP contribution in [-0.2, 0) is 0 Å². The normalized spacial score (nSPS) is 23.4. The van der Waals surface area contributed by atoms with Crippen LogP contribution in [0.3, 0.4) is 0 Å². The number of aryl methyl sites for hydroxylation is 3. The van der Waals surface area contributed by atoms with Crippen LogP contribution in [0.2, 0.25) is 0 Å². The fourth-order valence-corrected chi connectivity index (χ4v) is 3.50. The number of rotatable bonds is 5. The molecule has 1 heterocycles. The third-order valence-electron chi connectivity index (χ3n) is 4.81. The summed E-state index contributed by atoms with van der Waals surface area (Å²) in [5.74, 6) is 0.743. The molecule has 0 amide bonds. The smallest absolute Gasteiger partial charge is 0.0388 e. The molecule has 112 valence electrons. The topological polar surface area (TPSA) is 15.3 Å². The first kappa shape index (κ1) is 15.5. The van der Waals surface area contributed by atoms with Crippen LogP contribution in [0.4, 0.5) is 0 Å². The third-order valence-corrected chi connectivity index (χ3v) is 4.81. The lowest BCUT2D eigenvalue weighted by atomic mass is 9.88. The average Bonchev–Trinajstić information content (AvgIpc) is 2.76. The van der Waals surface area contributed by atoms with Gasteiger partial charge in [-0.2, -0.15) is 0 Å². The molecule has 2 atom stereocenters. The number of benzene rings is 1. The van der Waals surface area contributed by atoms with Crippen molar-refractivity contribution in [1.82, 2.24) is 10.2 Å². The monoisotopic (exact) mass is 274 g/mol. The maximum atomic E-state index is 3.62. The molecule has 0 radical (unpaired) electrons. The molecule has 20 heavy (non-hydrogen) atoms. The maximum absolute atomic E-state index is 3.62. The van der Waals surface area contributed by atoms with Crippen molar-refractivity contribution >= 4 is 0 Å². The van der Waals surface area contributed by atoms with Crippen LogP contribution in [0.5, 0.6) is 0 Å². The van der Waals surface area contributed by atoms with E-state index in [0.717, 1.165) is 19.0 Å². The lowest BCUT2D eigenvalue weighted by Crippen LogP contribution is -2.29. The van der Waals surface area contributed by atoms with Gasteiger partial charge in [0, 0.05) is 6.04 Å². The molecule has 1 aliphatic heterocycles. The zero-order valence-corrected chi connectivity index (χ0v) is 13.8. The van der Waals surface area contributed by atoms with E-state index in [9.17, 15) is 0 Å². The Bertz CT molecular complexity index is 453. The second-order valence-electron chi connectivity index (χ2n) is 6.47. The predicted octanol–water partition coefficient (Wildman–Crippen LogP) is 3.60. The summed E-state index contributed by atoms with van der Waals surface area (Å²) >= 11 is 0. The molecule has 2 unspecified atom stereocenters. The number of likely N-dealkylation sites (tertiary alicyclic amines) is 1. The van der Waals surface area contributed by atoms with Gasteiger partial charge in [-0.15, -0.1) is 0 Å². The minimum atomic E-state index is 0.582. The molecular formula is C18H30N2. The summed E-state index contributed by atoms with van der Waals surface area (Å²) in [7, 11) is 2.28. The molecule has 2 rings (SSSR count). The van der Waals surface area contributed by atoms with Gasteiger partial charge >= 0.3 is 0 Å². The van der Waals surface area contributed by atoms with E-state index in [0.29, 0.717) is 6.04 Å². The summed E-state index contributed by atoms with van der Waals surface area (Å²) in [4.78, 5) is 2.54. The predicted molar refractivity (Wildman–Crippen MR) is 87.3 cm³/mol. The number of nitrogens with zero attached hydrogens (tertiary/aromatic N) is 1. The molecule has 0 spiro atoms. The lowest BCUT2D eigenvalue weighted by Gasteiger charge is -2.28. The van der Waals surface area contributed by atoms with Crippen LogP contribution < -0.4 is 5.32 Å². The fourth-order valence-electron chi connectivity index (χ4n) is 3.50. The Morgan fingerprint density at radius 2 is 1.85 bits per heavy atom. The minimum Gasteiger partial charge on any atom is -0.316 e. The van der Waals surface area contributed by atoms with Crippen LogP contribution >= 0.6 is 0 Å². The summed E-state index contributed by atoms with van der Waals surface area (Å²) in [5, 5.41) is 3.62. The van der Waals surface area contributed by atoms with E-state index in [2.05, 4.69) is 57.1 Å². The Labute approximate surface area is 124 Å². The molecule has 1 aromatic rings. The molecule has 0 aromatic heterocycles. The largest absolute Gasteiger partial charge is 0.316 e. The third kappa shape index (κ3) is 3.24. The van der Waals surface area contributed by atoms with E-state index in [4.69, 9.17) is 0 Å². The summed E-state index contributed by atoms with van der Waals surface area (Å²) in [6.07, 6.45) is 2.53. The van der Waals surface area contributed by atoms with Gasteiger partial charge in [-0.3, -0.25) is 4.90 Å². The van der Waals surface area contributed by atoms with Crippen molar-refractivity contribution in [2.45, 2.75) is 46.6 Å². The van der Waals surface area contributed by atoms with E-state index >= 15 is 0 Å². The van der Waals surface area contributed by atoms with Gasteiger partial charge in [0.1, 0.15) is 0 Å². The standard InChI is InChI=1S/C18H30N2/c1-6-8-19-12-16-7-9-20(5)18(16)17-11-14(3)13(2)10-15(17)4/h10-11,16,18-19H,6-9,12H2,1-5H3. The van der Waals surface area contributed by atoms with Crippen molar-refractivity contribution in [1.29, 1.82) is 0 Å². The van der Waals surface area contributed by atoms with E-state index in [-0.39, 0.29) is 0 Å². The highest BCUT2D eigenvalue weighted by molar-refractivity contribution is 5.39.